The number of anilines is 1. The van der Waals surface area contributed by atoms with Crippen LogP contribution < -0.4 is 4.90 Å². The number of carbonyl (C=O) groups excluding carboxylic acids is 1. The van der Waals surface area contributed by atoms with Gasteiger partial charge in [-0.1, -0.05) is 18.2 Å². The van der Waals surface area contributed by atoms with Crippen molar-refractivity contribution in [3.05, 3.63) is 45.4 Å². The predicted octanol–water partition coefficient (Wildman–Crippen LogP) is 4.00. The summed E-state index contributed by atoms with van der Waals surface area (Å²) < 4.78 is 0. The molecule has 2 heterocycles. The van der Waals surface area contributed by atoms with Gasteiger partial charge in [0.1, 0.15) is 4.88 Å². The van der Waals surface area contributed by atoms with E-state index in [9.17, 15) is 4.79 Å². The van der Waals surface area contributed by atoms with Crippen LogP contribution in [-0.2, 0) is 12.8 Å². The maximum atomic E-state index is 13.0. The Morgan fingerprint density at radius 3 is 3.00 bits per heavy atom. The highest BCUT2D eigenvalue weighted by atomic mass is 32.1. The third-order valence-electron chi connectivity index (χ3n) is 4.55. The van der Waals surface area contributed by atoms with E-state index in [0.717, 1.165) is 53.0 Å². The Bertz CT molecular complexity index is 718. The normalized spacial score (nSPS) is 17.4. The summed E-state index contributed by atoms with van der Waals surface area (Å²) in [6, 6.07) is 8.27. The molecule has 0 unspecified atom stereocenters. The Morgan fingerprint density at radius 1 is 1.36 bits per heavy atom. The summed E-state index contributed by atoms with van der Waals surface area (Å²) in [4.78, 5) is 20.4. The molecule has 2 aliphatic rings. The molecule has 4 rings (SSSR count). The van der Waals surface area contributed by atoms with Crippen molar-refractivity contribution < 1.29 is 4.79 Å². The van der Waals surface area contributed by atoms with Gasteiger partial charge in [-0.15, -0.1) is 11.3 Å². The van der Waals surface area contributed by atoms with E-state index in [-0.39, 0.29) is 5.91 Å². The quantitative estimate of drug-likeness (QED) is 0.858. The van der Waals surface area contributed by atoms with Gasteiger partial charge in [0.25, 0.3) is 5.91 Å². The second kappa shape index (κ2) is 5.51. The summed E-state index contributed by atoms with van der Waals surface area (Å²) in [6.07, 6.45) is 5.79. The number of benzene rings is 1. The van der Waals surface area contributed by atoms with Gasteiger partial charge in [-0.25, -0.2) is 4.98 Å². The number of hydrogen-bond acceptors (Lipinski definition) is 3. The van der Waals surface area contributed by atoms with Crippen molar-refractivity contribution in [3.8, 4) is 0 Å². The average molecular weight is 312 g/mol. The Kier molecular flexibility index (Phi) is 3.49. The van der Waals surface area contributed by atoms with E-state index in [0.29, 0.717) is 0 Å². The number of hydrogen-bond donors (Lipinski definition) is 0. The van der Waals surface area contributed by atoms with Crippen molar-refractivity contribution in [2.75, 3.05) is 11.4 Å². The number of amides is 1. The van der Waals surface area contributed by atoms with Crippen molar-refractivity contribution in [2.24, 2.45) is 5.92 Å². The molecule has 0 spiro atoms. The predicted molar refractivity (Wildman–Crippen MR) is 89.7 cm³/mol. The van der Waals surface area contributed by atoms with E-state index >= 15 is 0 Å². The largest absolute Gasteiger partial charge is 0.307 e. The fourth-order valence-electron chi connectivity index (χ4n) is 3.17. The minimum atomic E-state index is 0.129. The third-order valence-corrected chi connectivity index (χ3v) is 5.72. The number of para-hydroxylation sites is 1. The summed E-state index contributed by atoms with van der Waals surface area (Å²) in [5.74, 6) is 0.938. The molecule has 1 aliphatic carbocycles. The Morgan fingerprint density at radius 2 is 2.18 bits per heavy atom. The number of rotatable bonds is 3. The summed E-state index contributed by atoms with van der Waals surface area (Å²) in [5.41, 5.74) is 3.26. The van der Waals surface area contributed by atoms with Gasteiger partial charge in [-0.3, -0.25) is 4.79 Å². The maximum Gasteiger partial charge on any atom is 0.270 e. The average Bonchev–Trinajstić information content (AvgIpc) is 3.27. The third kappa shape index (κ3) is 2.56. The summed E-state index contributed by atoms with van der Waals surface area (Å²) in [5, 5.41) is 1.13. The number of nitrogens with zero attached hydrogens (tertiary/aromatic N) is 2. The number of carbonyl (C=O) groups is 1. The molecule has 1 aromatic carbocycles. The van der Waals surface area contributed by atoms with E-state index in [1.165, 1.54) is 18.4 Å². The number of fused-ring (bicyclic) bond motifs is 1. The first-order valence-electron chi connectivity index (χ1n) is 8.08. The van der Waals surface area contributed by atoms with Gasteiger partial charge in [0, 0.05) is 18.7 Å². The zero-order valence-electron chi connectivity index (χ0n) is 12.8. The Labute approximate surface area is 135 Å². The molecular weight excluding hydrogens is 292 g/mol. The Balaban J connectivity index is 1.63. The van der Waals surface area contributed by atoms with Gasteiger partial charge in [0.2, 0.25) is 0 Å². The molecule has 0 atom stereocenters. The smallest absolute Gasteiger partial charge is 0.270 e. The highest BCUT2D eigenvalue weighted by Gasteiger charge is 2.28. The van der Waals surface area contributed by atoms with Crippen LogP contribution in [0.3, 0.4) is 0 Å². The van der Waals surface area contributed by atoms with Gasteiger partial charge in [0.05, 0.1) is 10.7 Å². The molecule has 114 valence electrons. The topological polar surface area (TPSA) is 33.2 Å². The van der Waals surface area contributed by atoms with Crippen LogP contribution in [0.25, 0.3) is 0 Å². The summed E-state index contributed by atoms with van der Waals surface area (Å²) in [7, 11) is 0. The minimum absolute atomic E-state index is 0.129. The summed E-state index contributed by atoms with van der Waals surface area (Å²) in [6.45, 7) is 2.78. The molecule has 22 heavy (non-hydrogen) atoms. The van der Waals surface area contributed by atoms with Gasteiger partial charge >= 0.3 is 0 Å². The van der Waals surface area contributed by atoms with Crippen LogP contribution in [0.1, 0.15) is 45.2 Å². The minimum Gasteiger partial charge on any atom is -0.307 e. The van der Waals surface area contributed by atoms with Gasteiger partial charge < -0.3 is 4.90 Å². The number of aromatic nitrogens is 1. The van der Waals surface area contributed by atoms with Crippen LogP contribution >= 0.6 is 11.3 Å². The molecular formula is C18H20N2OS. The molecule has 4 heteroatoms. The van der Waals surface area contributed by atoms with Crippen molar-refractivity contribution in [3.63, 3.8) is 0 Å². The maximum absolute atomic E-state index is 13.0. The molecule has 0 saturated heterocycles. The van der Waals surface area contributed by atoms with E-state index in [2.05, 4.69) is 23.2 Å². The van der Waals surface area contributed by atoms with Gasteiger partial charge in [-0.2, -0.15) is 0 Å². The lowest BCUT2D eigenvalue weighted by Crippen LogP contribution is -2.35. The molecule has 1 fully saturated rings. The zero-order chi connectivity index (χ0) is 15.1. The first-order valence-corrected chi connectivity index (χ1v) is 8.90. The van der Waals surface area contributed by atoms with Gasteiger partial charge in [0.15, 0.2) is 0 Å². The molecule has 1 amide bonds. The first kappa shape index (κ1) is 13.9. The summed E-state index contributed by atoms with van der Waals surface area (Å²) >= 11 is 1.60. The fourth-order valence-corrected chi connectivity index (χ4v) is 4.30. The second-order valence-electron chi connectivity index (χ2n) is 6.36. The van der Waals surface area contributed by atoms with E-state index in [4.69, 9.17) is 0 Å². The second-order valence-corrected chi connectivity index (χ2v) is 7.44. The highest BCUT2D eigenvalue weighted by molar-refractivity contribution is 7.14. The molecule has 1 aromatic heterocycles. The number of aryl methyl sites for hydroxylation is 2. The van der Waals surface area contributed by atoms with Crippen LogP contribution in [-0.4, -0.2) is 17.4 Å². The molecule has 0 N–H and O–H groups in total. The molecule has 2 aromatic rings. The van der Waals surface area contributed by atoms with Crippen molar-refractivity contribution >= 4 is 22.9 Å². The van der Waals surface area contributed by atoms with Crippen LogP contribution in [0.4, 0.5) is 5.69 Å². The van der Waals surface area contributed by atoms with Crippen molar-refractivity contribution in [1.82, 2.24) is 4.98 Å². The van der Waals surface area contributed by atoms with E-state index in [1.54, 1.807) is 11.3 Å². The van der Waals surface area contributed by atoms with E-state index in [1.807, 2.05) is 17.9 Å². The SMILES string of the molecule is Cc1nc(CC2CC2)sc1C(=O)N1CCCc2ccccc21. The molecule has 0 radical (unpaired) electrons. The number of thiazole rings is 1. The fraction of sp³-hybridized carbons (Fsp3) is 0.444. The lowest BCUT2D eigenvalue weighted by atomic mass is 10.0. The van der Waals surface area contributed by atoms with E-state index < -0.39 is 0 Å². The van der Waals surface area contributed by atoms with Crippen LogP contribution in [0.5, 0.6) is 0 Å². The van der Waals surface area contributed by atoms with Crippen molar-refractivity contribution in [1.29, 1.82) is 0 Å². The monoisotopic (exact) mass is 312 g/mol. The van der Waals surface area contributed by atoms with Crippen LogP contribution in [0.15, 0.2) is 24.3 Å². The van der Waals surface area contributed by atoms with Crippen LogP contribution in [0.2, 0.25) is 0 Å². The molecule has 0 bridgehead atoms. The zero-order valence-corrected chi connectivity index (χ0v) is 13.7. The molecule has 1 aliphatic heterocycles. The first-order chi connectivity index (χ1) is 10.7. The lowest BCUT2D eigenvalue weighted by Gasteiger charge is -2.29. The highest BCUT2D eigenvalue weighted by Crippen LogP contribution is 2.35. The van der Waals surface area contributed by atoms with Gasteiger partial charge in [-0.05, 0) is 50.2 Å². The Hall–Kier alpha value is -1.68. The standard InChI is InChI=1S/C18H20N2OS/c1-12-17(22-16(19-12)11-13-8-9-13)18(21)20-10-4-6-14-5-2-3-7-15(14)20/h2-3,5,7,13H,4,6,8-11H2,1H3. The van der Waals surface area contributed by atoms with Crippen molar-refractivity contribution in [2.45, 2.75) is 39.0 Å². The van der Waals surface area contributed by atoms with Crippen LogP contribution in [0, 0.1) is 12.8 Å². The molecule has 3 nitrogen and oxygen atoms in total. The lowest BCUT2D eigenvalue weighted by molar-refractivity contribution is 0.0988. The molecule has 1 saturated carbocycles.